The van der Waals surface area contributed by atoms with E-state index in [1.54, 1.807) is 6.07 Å². The first-order valence-electron chi connectivity index (χ1n) is 5.92. The van der Waals surface area contributed by atoms with Gasteiger partial charge < -0.3 is 4.74 Å². The lowest BCUT2D eigenvalue weighted by Crippen LogP contribution is -2.28. The molecule has 1 aromatic rings. The molecule has 1 nitrogen and oxygen atoms in total. The van der Waals surface area contributed by atoms with Crippen LogP contribution in [0.1, 0.15) is 24.0 Å². The lowest BCUT2D eigenvalue weighted by Gasteiger charge is -2.18. The number of aryl methyl sites for hydroxylation is 2. The van der Waals surface area contributed by atoms with Crippen LogP contribution in [0.25, 0.3) is 0 Å². The van der Waals surface area contributed by atoms with Gasteiger partial charge in [0.25, 0.3) is 0 Å². The minimum atomic E-state index is -4.27. The molecule has 0 bridgehead atoms. The van der Waals surface area contributed by atoms with Gasteiger partial charge in [-0.1, -0.05) is 22.0 Å². The van der Waals surface area contributed by atoms with Crippen molar-refractivity contribution < 1.29 is 17.9 Å². The topological polar surface area (TPSA) is 9.23 Å². The van der Waals surface area contributed by atoms with Gasteiger partial charge in [-0.25, -0.2) is 0 Å². The fourth-order valence-electron chi connectivity index (χ4n) is 2.06. The van der Waals surface area contributed by atoms with Gasteiger partial charge in [0.05, 0.1) is 0 Å². The summed E-state index contributed by atoms with van der Waals surface area (Å²) in [5, 5.41) is 0. The van der Waals surface area contributed by atoms with Crippen LogP contribution in [-0.2, 0) is 12.8 Å². The molecule has 1 aromatic carbocycles. The van der Waals surface area contributed by atoms with E-state index in [0.29, 0.717) is 5.75 Å². The number of hydrogen-bond acceptors (Lipinski definition) is 1. The second-order valence-electron chi connectivity index (χ2n) is 4.46. The maximum atomic E-state index is 12.3. The van der Waals surface area contributed by atoms with Crippen LogP contribution in [0, 0.1) is 0 Å². The van der Waals surface area contributed by atoms with Crippen LogP contribution < -0.4 is 4.74 Å². The maximum Gasteiger partial charge on any atom is 0.404 e. The molecule has 18 heavy (non-hydrogen) atoms. The Labute approximate surface area is 112 Å². The molecule has 1 unspecified atom stereocenters. The first-order chi connectivity index (χ1) is 8.47. The van der Waals surface area contributed by atoms with Crippen LogP contribution in [0.15, 0.2) is 18.2 Å². The Hall–Kier alpha value is -0.710. The van der Waals surface area contributed by atoms with Crippen molar-refractivity contribution in [1.29, 1.82) is 0 Å². The quantitative estimate of drug-likeness (QED) is 0.755. The third-order valence-corrected chi connectivity index (χ3v) is 3.85. The van der Waals surface area contributed by atoms with Gasteiger partial charge in [0.2, 0.25) is 0 Å². The molecule has 0 saturated heterocycles. The molecule has 0 saturated carbocycles. The van der Waals surface area contributed by atoms with Crippen molar-refractivity contribution in [2.24, 2.45) is 0 Å². The largest absolute Gasteiger partial charge is 0.492 e. The third kappa shape index (κ3) is 3.40. The van der Waals surface area contributed by atoms with Crippen molar-refractivity contribution in [3.63, 3.8) is 0 Å². The van der Waals surface area contributed by atoms with Gasteiger partial charge in [0, 0.05) is 0 Å². The second-order valence-corrected chi connectivity index (χ2v) is 5.56. The molecule has 2 rings (SSSR count). The molecule has 0 spiro atoms. The average Bonchev–Trinajstić information content (AvgIpc) is 2.34. The van der Waals surface area contributed by atoms with Gasteiger partial charge in [0.15, 0.2) is 0 Å². The predicted octanol–water partition coefficient (Wildman–Crippen LogP) is 4.27. The first kappa shape index (κ1) is 13.7. The van der Waals surface area contributed by atoms with Gasteiger partial charge in [-0.05, 0) is 48.9 Å². The number of rotatable bonds is 3. The minimum absolute atomic E-state index is 0.401. The molecule has 1 aliphatic rings. The molecule has 0 N–H and O–H groups in total. The lowest BCUT2D eigenvalue weighted by molar-refractivity contribution is -0.132. The fraction of sp³-hybridized carbons (Fsp3) is 0.538. The number of halogens is 4. The predicted molar refractivity (Wildman–Crippen MR) is 67.3 cm³/mol. The molecule has 0 heterocycles. The molecule has 1 aliphatic carbocycles. The summed E-state index contributed by atoms with van der Waals surface area (Å²) in [6.45, 7) is -0.401. The first-order valence-corrected chi connectivity index (χ1v) is 6.84. The monoisotopic (exact) mass is 322 g/mol. The number of benzene rings is 1. The molecular weight excluding hydrogens is 309 g/mol. The minimum Gasteiger partial charge on any atom is -0.492 e. The van der Waals surface area contributed by atoms with Crippen LogP contribution in [0.4, 0.5) is 13.2 Å². The third-order valence-electron chi connectivity index (χ3n) is 3.07. The zero-order valence-corrected chi connectivity index (χ0v) is 11.4. The Balaban J connectivity index is 1.98. The van der Waals surface area contributed by atoms with Gasteiger partial charge in [-0.3, -0.25) is 0 Å². The van der Waals surface area contributed by atoms with E-state index in [2.05, 4.69) is 15.9 Å². The molecule has 0 amide bonds. The Bertz CT molecular complexity index is 417. The van der Waals surface area contributed by atoms with E-state index in [4.69, 9.17) is 4.74 Å². The van der Waals surface area contributed by atoms with Crippen LogP contribution in [-0.4, -0.2) is 17.6 Å². The van der Waals surface area contributed by atoms with Gasteiger partial charge in [-0.2, -0.15) is 13.2 Å². The van der Waals surface area contributed by atoms with E-state index in [9.17, 15) is 13.2 Å². The summed E-state index contributed by atoms with van der Waals surface area (Å²) in [6, 6.07) is 5.57. The van der Waals surface area contributed by atoms with E-state index in [-0.39, 0.29) is 0 Å². The number of ether oxygens (including phenoxy) is 1. The van der Waals surface area contributed by atoms with Crippen molar-refractivity contribution in [2.75, 3.05) is 6.61 Å². The lowest BCUT2D eigenvalue weighted by atomic mass is 9.92. The summed E-state index contributed by atoms with van der Waals surface area (Å²) in [5.74, 6) is 0.518. The summed E-state index contributed by atoms with van der Waals surface area (Å²) in [6.07, 6.45) is 0.0990. The molecule has 0 fully saturated rings. The van der Waals surface area contributed by atoms with Crippen molar-refractivity contribution in [1.82, 2.24) is 0 Å². The molecule has 5 heteroatoms. The van der Waals surface area contributed by atoms with E-state index in [1.165, 1.54) is 17.5 Å². The molecule has 0 radical (unpaired) electrons. The summed E-state index contributed by atoms with van der Waals surface area (Å²) in [4.78, 5) is -1.62. The molecular formula is C13H14BrF3O. The summed E-state index contributed by atoms with van der Waals surface area (Å²) in [7, 11) is 0. The summed E-state index contributed by atoms with van der Waals surface area (Å²) < 4.78 is 42.1. The Morgan fingerprint density at radius 3 is 2.50 bits per heavy atom. The number of alkyl halides is 4. The zero-order valence-electron chi connectivity index (χ0n) is 9.77. The summed E-state index contributed by atoms with van der Waals surface area (Å²) >= 11 is 2.58. The van der Waals surface area contributed by atoms with Gasteiger partial charge in [0.1, 0.15) is 17.2 Å². The van der Waals surface area contributed by atoms with E-state index in [0.717, 1.165) is 19.3 Å². The molecule has 0 aromatic heterocycles. The molecule has 100 valence electrons. The SMILES string of the molecule is FC(F)(F)C(Br)COc1ccc2c(c1)CCCC2. The highest BCUT2D eigenvalue weighted by Crippen LogP contribution is 2.29. The van der Waals surface area contributed by atoms with Crippen molar-refractivity contribution in [3.05, 3.63) is 29.3 Å². The normalized spacial score (nSPS) is 17.1. The van der Waals surface area contributed by atoms with Gasteiger partial charge in [-0.15, -0.1) is 0 Å². The smallest absolute Gasteiger partial charge is 0.404 e. The molecule has 1 atom stereocenters. The Morgan fingerprint density at radius 2 is 1.83 bits per heavy atom. The summed E-state index contributed by atoms with van der Waals surface area (Å²) in [5.41, 5.74) is 2.50. The van der Waals surface area contributed by atoms with Crippen LogP contribution in [0.5, 0.6) is 5.75 Å². The van der Waals surface area contributed by atoms with Crippen molar-refractivity contribution >= 4 is 15.9 Å². The van der Waals surface area contributed by atoms with Crippen LogP contribution >= 0.6 is 15.9 Å². The van der Waals surface area contributed by atoms with Gasteiger partial charge >= 0.3 is 6.18 Å². The van der Waals surface area contributed by atoms with Crippen molar-refractivity contribution in [3.8, 4) is 5.75 Å². The Morgan fingerprint density at radius 1 is 1.17 bits per heavy atom. The van der Waals surface area contributed by atoms with Crippen molar-refractivity contribution in [2.45, 2.75) is 36.7 Å². The highest BCUT2D eigenvalue weighted by atomic mass is 79.9. The van der Waals surface area contributed by atoms with Crippen LogP contribution in [0.2, 0.25) is 0 Å². The van der Waals surface area contributed by atoms with Crippen LogP contribution in [0.3, 0.4) is 0 Å². The molecule has 0 aliphatic heterocycles. The number of hydrogen-bond donors (Lipinski definition) is 0. The highest BCUT2D eigenvalue weighted by Gasteiger charge is 2.38. The average molecular weight is 323 g/mol. The van der Waals surface area contributed by atoms with E-state index in [1.807, 2.05) is 12.1 Å². The Kier molecular flexibility index (Phi) is 4.20. The van der Waals surface area contributed by atoms with E-state index < -0.39 is 17.6 Å². The fourth-order valence-corrected chi connectivity index (χ4v) is 2.20. The highest BCUT2D eigenvalue weighted by molar-refractivity contribution is 9.09. The second kappa shape index (κ2) is 5.51. The zero-order chi connectivity index (χ0) is 13.2. The van der Waals surface area contributed by atoms with E-state index >= 15 is 0 Å². The standard InChI is InChI=1S/C13H14BrF3O/c14-12(13(15,16)17)8-18-11-6-5-9-3-1-2-4-10(9)7-11/h5-7,12H,1-4,8H2. The maximum absolute atomic E-state index is 12.3. The number of fused-ring (bicyclic) bond motifs is 1.